The Balaban J connectivity index is 1.71. The van der Waals surface area contributed by atoms with Gasteiger partial charge in [-0.25, -0.2) is 0 Å². The number of ether oxygens (including phenoxy) is 2. The zero-order chi connectivity index (χ0) is 16.8. The third kappa shape index (κ3) is 3.35. The van der Waals surface area contributed by atoms with Gasteiger partial charge in [0.05, 0.1) is 5.60 Å². The summed E-state index contributed by atoms with van der Waals surface area (Å²) in [7, 11) is 0. The van der Waals surface area contributed by atoms with Crippen LogP contribution < -0.4 is 0 Å². The lowest BCUT2D eigenvalue weighted by molar-refractivity contribution is -0.236. The number of hydrogen-bond acceptors (Lipinski definition) is 2. The Hall–Kier alpha value is -0.0800. The molecule has 2 nitrogen and oxygen atoms in total. The van der Waals surface area contributed by atoms with Crippen LogP contribution in [0.3, 0.4) is 0 Å². The smallest absolute Gasteiger partial charge is 0.158 e. The van der Waals surface area contributed by atoms with Gasteiger partial charge in [0.15, 0.2) is 6.29 Å². The predicted octanol–water partition coefficient (Wildman–Crippen LogP) is 5.51. The second-order valence-electron chi connectivity index (χ2n) is 9.66. The largest absolute Gasteiger partial charge is 0.353 e. The molecule has 134 valence electrons. The third-order valence-electron chi connectivity index (χ3n) is 7.14. The van der Waals surface area contributed by atoms with Crippen LogP contribution >= 0.6 is 0 Å². The van der Waals surface area contributed by atoms with Gasteiger partial charge in [-0.05, 0) is 87.4 Å². The van der Waals surface area contributed by atoms with Crippen molar-refractivity contribution in [2.45, 2.75) is 85.5 Å². The highest BCUT2D eigenvalue weighted by atomic mass is 16.7. The van der Waals surface area contributed by atoms with E-state index in [2.05, 4.69) is 41.5 Å². The van der Waals surface area contributed by atoms with Gasteiger partial charge in [-0.3, -0.25) is 0 Å². The van der Waals surface area contributed by atoms with Gasteiger partial charge < -0.3 is 9.47 Å². The fourth-order valence-corrected chi connectivity index (χ4v) is 6.41. The van der Waals surface area contributed by atoms with Crippen LogP contribution in [-0.2, 0) is 9.47 Å². The van der Waals surface area contributed by atoms with Crippen LogP contribution in [0.4, 0.5) is 0 Å². The van der Waals surface area contributed by atoms with Gasteiger partial charge in [0, 0.05) is 6.61 Å². The molecule has 0 aromatic rings. The van der Waals surface area contributed by atoms with Crippen molar-refractivity contribution < 1.29 is 9.47 Å². The maximum Gasteiger partial charge on any atom is 0.158 e. The second kappa shape index (κ2) is 6.67. The summed E-state index contributed by atoms with van der Waals surface area (Å²) in [6, 6.07) is 0. The van der Waals surface area contributed by atoms with Gasteiger partial charge in [-0.1, -0.05) is 27.7 Å². The molecular weight excluding hydrogens is 284 g/mol. The number of fused-ring (bicyclic) bond motifs is 2. The minimum atomic E-state index is -0.0451. The van der Waals surface area contributed by atoms with E-state index >= 15 is 0 Å². The van der Waals surface area contributed by atoms with Crippen LogP contribution in [0, 0.1) is 41.4 Å². The van der Waals surface area contributed by atoms with Crippen LogP contribution in [0.1, 0.15) is 73.6 Å². The van der Waals surface area contributed by atoms with Gasteiger partial charge >= 0.3 is 0 Å². The first-order chi connectivity index (χ1) is 10.8. The van der Waals surface area contributed by atoms with Crippen molar-refractivity contribution >= 4 is 0 Å². The Labute approximate surface area is 143 Å². The highest BCUT2D eigenvalue weighted by molar-refractivity contribution is 5.06. The van der Waals surface area contributed by atoms with Crippen molar-refractivity contribution in [1.82, 2.24) is 0 Å². The van der Waals surface area contributed by atoms with E-state index in [4.69, 9.17) is 9.47 Å². The Morgan fingerprint density at radius 3 is 2.22 bits per heavy atom. The predicted molar refractivity (Wildman–Crippen MR) is 95.1 cm³/mol. The summed E-state index contributed by atoms with van der Waals surface area (Å²) in [5.41, 5.74) is -0.0451. The molecule has 2 heteroatoms. The normalized spacial score (nSPS) is 41.2. The first-order valence-electron chi connectivity index (χ1n) is 10.1. The molecule has 0 radical (unpaired) electrons. The molecule has 6 atom stereocenters. The van der Waals surface area contributed by atoms with E-state index in [1.165, 1.54) is 25.7 Å². The molecule has 23 heavy (non-hydrogen) atoms. The van der Waals surface area contributed by atoms with Gasteiger partial charge in [0.1, 0.15) is 0 Å². The van der Waals surface area contributed by atoms with Gasteiger partial charge in [0.25, 0.3) is 0 Å². The van der Waals surface area contributed by atoms with Crippen LogP contribution in [-0.4, -0.2) is 18.5 Å². The maximum absolute atomic E-state index is 6.52. The Bertz CT molecular complexity index is 395. The fraction of sp³-hybridized carbons (Fsp3) is 1.00. The van der Waals surface area contributed by atoms with E-state index in [1.54, 1.807) is 0 Å². The van der Waals surface area contributed by atoms with Crippen molar-refractivity contribution in [3.05, 3.63) is 0 Å². The van der Waals surface area contributed by atoms with E-state index in [-0.39, 0.29) is 11.9 Å². The fourth-order valence-electron chi connectivity index (χ4n) is 6.41. The molecule has 1 saturated heterocycles. The zero-order valence-corrected chi connectivity index (χ0v) is 16.2. The molecule has 2 aliphatic carbocycles. The Morgan fingerprint density at radius 2 is 1.65 bits per heavy atom. The number of hydrogen-bond donors (Lipinski definition) is 0. The first kappa shape index (κ1) is 17.7. The van der Waals surface area contributed by atoms with Gasteiger partial charge in [0.2, 0.25) is 0 Å². The summed E-state index contributed by atoms with van der Waals surface area (Å²) in [4.78, 5) is 0. The monoisotopic (exact) mass is 322 g/mol. The first-order valence-corrected chi connectivity index (χ1v) is 10.1. The van der Waals surface area contributed by atoms with Crippen molar-refractivity contribution in [2.24, 2.45) is 41.4 Å². The summed E-state index contributed by atoms with van der Waals surface area (Å²) in [6.45, 7) is 15.3. The van der Waals surface area contributed by atoms with Crippen LogP contribution in [0.25, 0.3) is 0 Å². The van der Waals surface area contributed by atoms with E-state index in [0.717, 1.165) is 48.5 Å². The standard InChI is InChI=1S/C21H38O2/c1-13(2)19-15-11-16(20(19)14(3)4)17(12-15)21(5,6)23-18-9-7-8-10-22-18/h13-20H,7-12H2,1-6H3. The van der Waals surface area contributed by atoms with Crippen molar-refractivity contribution in [3.8, 4) is 0 Å². The molecule has 0 aromatic carbocycles. The minimum absolute atomic E-state index is 0.0382. The summed E-state index contributed by atoms with van der Waals surface area (Å²) >= 11 is 0. The molecule has 1 aliphatic heterocycles. The molecule has 6 unspecified atom stereocenters. The summed E-state index contributed by atoms with van der Waals surface area (Å²) in [5.74, 6) is 5.91. The molecule has 3 fully saturated rings. The minimum Gasteiger partial charge on any atom is -0.353 e. The summed E-state index contributed by atoms with van der Waals surface area (Å²) < 4.78 is 12.4. The van der Waals surface area contributed by atoms with E-state index in [9.17, 15) is 0 Å². The molecule has 2 saturated carbocycles. The lowest BCUT2D eigenvalue weighted by atomic mass is 9.63. The van der Waals surface area contributed by atoms with Crippen molar-refractivity contribution in [2.75, 3.05) is 6.61 Å². The highest BCUT2D eigenvalue weighted by Gasteiger charge is 2.57. The lowest BCUT2D eigenvalue weighted by Crippen LogP contribution is -2.46. The SMILES string of the molecule is CC(C)C1C2CC(C1C(C)C)C(C(C)(C)OC1CCCCO1)C2. The topological polar surface area (TPSA) is 18.5 Å². The maximum atomic E-state index is 6.52. The van der Waals surface area contributed by atoms with Gasteiger partial charge in [-0.2, -0.15) is 0 Å². The highest BCUT2D eigenvalue weighted by Crippen LogP contribution is 2.62. The zero-order valence-electron chi connectivity index (χ0n) is 16.2. The Morgan fingerprint density at radius 1 is 0.957 bits per heavy atom. The molecule has 0 aromatic heterocycles. The quantitative estimate of drug-likeness (QED) is 0.664. The van der Waals surface area contributed by atoms with Crippen LogP contribution in [0.2, 0.25) is 0 Å². The van der Waals surface area contributed by atoms with E-state index in [0.29, 0.717) is 5.92 Å². The van der Waals surface area contributed by atoms with Crippen molar-refractivity contribution in [3.63, 3.8) is 0 Å². The van der Waals surface area contributed by atoms with Gasteiger partial charge in [-0.15, -0.1) is 0 Å². The molecule has 1 heterocycles. The number of rotatable bonds is 5. The molecule has 0 N–H and O–H groups in total. The summed E-state index contributed by atoms with van der Waals surface area (Å²) in [6.07, 6.45) is 6.37. The second-order valence-corrected chi connectivity index (χ2v) is 9.66. The summed E-state index contributed by atoms with van der Waals surface area (Å²) in [5, 5.41) is 0. The van der Waals surface area contributed by atoms with Crippen LogP contribution in [0.15, 0.2) is 0 Å². The Kier molecular flexibility index (Phi) is 5.14. The van der Waals surface area contributed by atoms with Crippen molar-refractivity contribution in [1.29, 1.82) is 0 Å². The van der Waals surface area contributed by atoms with E-state index < -0.39 is 0 Å². The molecule has 3 aliphatic rings. The molecule has 2 bridgehead atoms. The lowest BCUT2D eigenvalue weighted by Gasteiger charge is -2.47. The van der Waals surface area contributed by atoms with E-state index in [1.807, 2.05) is 0 Å². The molecule has 0 spiro atoms. The average Bonchev–Trinajstić information content (AvgIpc) is 3.05. The molecule has 3 rings (SSSR count). The average molecular weight is 323 g/mol. The van der Waals surface area contributed by atoms with Crippen LogP contribution in [0.5, 0.6) is 0 Å². The third-order valence-corrected chi connectivity index (χ3v) is 7.14. The molecule has 0 amide bonds. The molecular formula is C21H38O2.